The van der Waals surface area contributed by atoms with Crippen molar-refractivity contribution in [3.05, 3.63) is 137 Å². The first-order valence-corrected chi connectivity index (χ1v) is 13.7. The average molecular weight is 583 g/mol. The van der Waals surface area contributed by atoms with Gasteiger partial charge in [-0.15, -0.1) is 0 Å². The number of amides is 1. The summed E-state index contributed by atoms with van der Waals surface area (Å²) in [5.74, 6) is -0.884. The molecule has 214 valence electrons. The molecule has 4 aromatic rings. The van der Waals surface area contributed by atoms with Crippen LogP contribution in [-0.4, -0.2) is 42.0 Å². The van der Waals surface area contributed by atoms with Crippen LogP contribution in [0.3, 0.4) is 0 Å². The number of rotatable bonds is 13. The van der Waals surface area contributed by atoms with Crippen molar-refractivity contribution in [3.63, 3.8) is 0 Å². The molecule has 8 heteroatoms. The zero-order valence-electron chi connectivity index (χ0n) is 23.1. The molecule has 0 heterocycles. The number of para-hydroxylation sites is 1. The Morgan fingerprint density at radius 2 is 1.62 bits per heavy atom. The summed E-state index contributed by atoms with van der Waals surface area (Å²) in [6.45, 7) is 5.91. The summed E-state index contributed by atoms with van der Waals surface area (Å²) in [4.78, 5) is 39.5. The Kier molecular flexibility index (Phi) is 10.1. The number of nitrogens with zero attached hydrogens (tertiary/aromatic N) is 1. The maximum atomic E-state index is 13.1. The molecule has 0 aliphatic heterocycles. The van der Waals surface area contributed by atoms with Gasteiger partial charge < -0.3 is 20.1 Å². The summed E-state index contributed by atoms with van der Waals surface area (Å²) < 4.78 is 5.88. The molecule has 1 amide bonds. The lowest BCUT2D eigenvalue weighted by molar-refractivity contribution is -0.137. The Bertz CT molecular complexity index is 1570. The minimum atomic E-state index is -1.04. The zero-order valence-corrected chi connectivity index (χ0v) is 23.9. The number of nitrogens with one attached hydrogen (secondary N) is 1. The van der Waals surface area contributed by atoms with E-state index in [0.717, 1.165) is 5.56 Å². The van der Waals surface area contributed by atoms with Gasteiger partial charge in [-0.2, -0.15) is 0 Å². The molecule has 0 saturated carbocycles. The van der Waals surface area contributed by atoms with Crippen molar-refractivity contribution in [1.29, 1.82) is 0 Å². The van der Waals surface area contributed by atoms with Crippen molar-refractivity contribution < 1.29 is 24.2 Å². The molecule has 7 nitrogen and oxygen atoms in total. The summed E-state index contributed by atoms with van der Waals surface area (Å²) >= 11 is 6.12. The van der Waals surface area contributed by atoms with E-state index in [-0.39, 0.29) is 31.3 Å². The van der Waals surface area contributed by atoms with Crippen LogP contribution in [0.5, 0.6) is 5.75 Å². The van der Waals surface area contributed by atoms with E-state index in [1.165, 1.54) is 0 Å². The number of carboxylic acids is 1. The molecule has 4 aromatic carbocycles. The molecule has 0 aliphatic carbocycles. The third-order valence-corrected chi connectivity index (χ3v) is 6.75. The van der Waals surface area contributed by atoms with Crippen molar-refractivity contribution in [3.8, 4) is 5.75 Å². The van der Waals surface area contributed by atoms with E-state index < -0.39 is 12.0 Å². The van der Waals surface area contributed by atoms with E-state index in [9.17, 15) is 19.5 Å². The second kappa shape index (κ2) is 14.1. The Balaban J connectivity index is 1.40. The van der Waals surface area contributed by atoms with Crippen LogP contribution in [0.15, 0.2) is 115 Å². The Labute approximate surface area is 250 Å². The Morgan fingerprint density at radius 1 is 0.929 bits per heavy atom. The molecule has 0 unspecified atom stereocenters. The molecule has 42 heavy (non-hydrogen) atoms. The van der Waals surface area contributed by atoms with Crippen molar-refractivity contribution >= 4 is 40.6 Å². The second-order valence-corrected chi connectivity index (χ2v) is 10.1. The lowest BCUT2D eigenvalue weighted by Gasteiger charge is -2.23. The molecule has 0 spiro atoms. The number of hydrogen-bond acceptors (Lipinski definition) is 5. The molecule has 4 rings (SSSR count). The first-order chi connectivity index (χ1) is 20.2. The average Bonchev–Trinajstić information content (AvgIpc) is 2.99. The van der Waals surface area contributed by atoms with Crippen LogP contribution in [0.4, 0.5) is 11.4 Å². The minimum Gasteiger partial charge on any atom is -0.492 e. The molecule has 0 fully saturated rings. The van der Waals surface area contributed by atoms with Gasteiger partial charge in [-0.25, -0.2) is 4.79 Å². The van der Waals surface area contributed by atoms with Crippen LogP contribution < -0.4 is 15.0 Å². The number of carbonyl (C=O) groups excluding carboxylic acids is 2. The third kappa shape index (κ3) is 7.86. The van der Waals surface area contributed by atoms with Gasteiger partial charge in [0.1, 0.15) is 18.4 Å². The van der Waals surface area contributed by atoms with Gasteiger partial charge >= 0.3 is 5.97 Å². The normalized spacial score (nSPS) is 11.3. The maximum Gasteiger partial charge on any atom is 0.326 e. The van der Waals surface area contributed by atoms with Gasteiger partial charge in [-0.3, -0.25) is 9.59 Å². The highest BCUT2D eigenvalue weighted by Gasteiger charge is 2.22. The standard InChI is InChI=1S/C34H31ClN2O5/c1-23(2)33(39)37(27-12-8-11-26(35)22-27)19-20-42-28-17-15-24(16-18-28)21-31(34(40)41)36-30-14-7-6-13-29(30)32(38)25-9-4-3-5-10-25/h3-18,22,31,36H,1,19-21H2,2H3,(H,40,41)/t31-/m0/s1. The van der Waals surface area contributed by atoms with E-state index in [1.807, 2.05) is 6.07 Å². The molecule has 0 radical (unpaired) electrons. The monoisotopic (exact) mass is 582 g/mol. The van der Waals surface area contributed by atoms with Gasteiger partial charge in [0.25, 0.3) is 5.91 Å². The third-order valence-electron chi connectivity index (χ3n) is 6.51. The van der Waals surface area contributed by atoms with E-state index in [4.69, 9.17) is 16.3 Å². The van der Waals surface area contributed by atoms with Crippen molar-refractivity contribution in [1.82, 2.24) is 0 Å². The molecule has 0 bridgehead atoms. The van der Waals surface area contributed by atoms with Crippen LogP contribution in [-0.2, 0) is 16.0 Å². The molecular weight excluding hydrogens is 552 g/mol. The SMILES string of the molecule is C=C(C)C(=O)N(CCOc1ccc(C[C@H](Nc2ccccc2C(=O)c2ccccc2)C(=O)O)cc1)c1cccc(Cl)c1. The summed E-state index contributed by atoms with van der Waals surface area (Å²) in [5.41, 5.74) is 3.19. The summed E-state index contributed by atoms with van der Waals surface area (Å²) in [6.07, 6.45) is 0.180. The number of carbonyl (C=O) groups is 3. The number of anilines is 2. The molecule has 0 aromatic heterocycles. The highest BCUT2D eigenvalue weighted by molar-refractivity contribution is 6.31. The van der Waals surface area contributed by atoms with Gasteiger partial charge in [0.05, 0.1) is 6.54 Å². The first kappa shape index (κ1) is 30.1. The summed E-state index contributed by atoms with van der Waals surface area (Å²) in [5, 5.41) is 13.5. The van der Waals surface area contributed by atoms with Crippen LogP contribution in [0.2, 0.25) is 5.02 Å². The first-order valence-electron chi connectivity index (χ1n) is 13.4. The van der Waals surface area contributed by atoms with Crippen LogP contribution in [0, 0.1) is 0 Å². The van der Waals surface area contributed by atoms with Crippen LogP contribution in [0.25, 0.3) is 0 Å². The van der Waals surface area contributed by atoms with Gasteiger partial charge in [0.2, 0.25) is 0 Å². The lowest BCUT2D eigenvalue weighted by Crippen LogP contribution is -2.35. The summed E-state index contributed by atoms with van der Waals surface area (Å²) in [7, 11) is 0. The highest BCUT2D eigenvalue weighted by Crippen LogP contribution is 2.23. The maximum absolute atomic E-state index is 13.1. The number of ketones is 1. The number of hydrogen-bond donors (Lipinski definition) is 2. The second-order valence-electron chi connectivity index (χ2n) is 9.69. The minimum absolute atomic E-state index is 0.180. The fourth-order valence-electron chi connectivity index (χ4n) is 4.37. The number of carboxylic acid groups (broad SMARTS) is 1. The van der Waals surface area contributed by atoms with Crippen LogP contribution >= 0.6 is 11.6 Å². The topological polar surface area (TPSA) is 95.9 Å². The number of halogens is 1. The number of benzene rings is 4. The largest absolute Gasteiger partial charge is 0.492 e. The van der Waals surface area contributed by atoms with E-state index in [0.29, 0.717) is 38.8 Å². The van der Waals surface area contributed by atoms with Crippen molar-refractivity contribution in [2.45, 2.75) is 19.4 Å². The van der Waals surface area contributed by atoms with Crippen LogP contribution in [0.1, 0.15) is 28.4 Å². The van der Waals surface area contributed by atoms with E-state index in [1.54, 1.807) is 109 Å². The Morgan fingerprint density at radius 3 is 2.29 bits per heavy atom. The smallest absolute Gasteiger partial charge is 0.326 e. The molecule has 0 saturated heterocycles. The fourth-order valence-corrected chi connectivity index (χ4v) is 4.56. The Hall–Kier alpha value is -4.88. The highest BCUT2D eigenvalue weighted by atomic mass is 35.5. The van der Waals surface area contributed by atoms with Crippen molar-refractivity contribution in [2.24, 2.45) is 0 Å². The lowest BCUT2D eigenvalue weighted by atomic mass is 10.00. The number of aliphatic carboxylic acids is 1. The predicted molar refractivity (Wildman–Crippen MR) is 166 cm³/mol. The van der Waals surface area contributed by atoms with Crippen molar-refractivity contribution in [2.75, 3.05) is 23.4 Å². The quantitative estimate of drug-likeness (QED) is 0.135. The van der Waals surface area contributed by atoms with Gasteiger partial charge in [0, 0.05) is 39.5 Å². The van der Waals surface area contributed by atoms with E-state index >= 15 is 0 Å². The fraction of sp³-hybridized carbons (Fsp3) is 0.147. The van der Waals surface area contributed by atoms with Gasteiger partial charge in [0.15, 0.2) is 5.78 Å². The predicted octanol–water partition coefficient (Wildman–Crippen LogP) is 6.67. The van der Waals surface area contributed by atoms with E-state index in [2.05, 4.69) is 11.9 Å². The van der Waals surface area contributed by atoms with Gasteiger partial charge in [-0.1, -0.05) is 78.8 Å². The number of ether oxygens (including phenoxy) is 1. The van der Waals surface area contributed by atoms with Gasteiger partial charge in [-0.05, 0) is 55.0 Å². The molecule has 0 aliphatic rings. The molecule has 2 N–H and O–H groups in total. The summed E-state index contributed by atoms with van der Waals surface area (Å²) in [6, 6.07) is 28.9. The zero-order chi connectivity index (χ0) is 30.1. The molecular formula is C34H31ClN2O5. The molecule has 1 atom stereocenters.